The first kappa shape index (κ1) is 13.7. The van der Waals surface area contributed by atoms with Crippen molar-refractivity contribution in [3.8, 4) is 6.07 Å². The fourth-order valence-corrected chi connectivity index (χ4v) is 2.96. The number of imidazole rings is 1. The summed E-state index contributed by atoms with van der Waals surface area (Å²) >= 11 is 1.76. The van der Waals surface area contributed by atoms with Gasteiger partial charge >= 0.3 is 0 Å². The number of hydrogen-bond acceptors (Lipinski definition) is 3. The van der Waals surface area contributed by atoms with Crippen molar-refractivity contribution >= 4 is 22.8 Å². The summed E-state index contributed by atoms with van der Waals surface area (Å²) in [5.41, 5.74) is 2.19. The van der Waals surface area contributed by atoms with E-state index in [2.05, 4.69) is 28.3 Å². The number of unbranched alkanes of at least 4 members (excludes halogenated alkanes) is 2. The van der Waals surface area contributed by atoms with Crippen LogP contribution in [0.4, 0.5) is 0 Å². The minimum absolute atomic E-state index is 0.642. The number of thioether (sulfide) groups is 1. The van der Waals surface area contributed by atoms with E-state index in [9.17, 15) is 0 Å². The van der Waals surface area contributed by atoms with Crippen molar-refractivity contribution in [1.82, 2.24) is 9.55 Å². The van der Waals surface area contributed by atoms with Crippen LogP contribution in [0.1, 0.15) is 19.3 Å². The van der Waals surface area contributed by atoms with E-state index in [1.165, 1.54) is 0 Å². The smallest absolute Gasteiger partial charge is 0.169 e. The van der Waals surface area contributed by atoms with Crippen molar-refractivity contribution < 1.29 is 0 Å². The van der Waals surface area contributed by atoms with Crippen molar-refractivity contribution in [1.29, 1.82) is 5.26 Å². The first-order chi connectivity index (χ1) is 9.36. The van der Waals surface area contributed by atoms with E-state index < -0.39 is 0 Å². The number of para-hydroxylation sites is 2. The average molecular weight is 271 g/mol. The van der Waals surface area contributed by atoms with Gasteiger partial charge < -0.3 is 4.57 Å². The molecule has 1 heterocycles. The summed E-state index contributed by atoms with van der Waals surface area (Å²) in [6.45, 7) is 4.59. The first-order valence-electron chi connectivity index (χ1n) is 6.42. The summed E-state index contributed by atoms with van der Waals surface area (Å²) in [5, 5.41) is 9.55. The molecule has 1 aromatic heterocycles. The Bertz CT molecular complexity index is 595. The van der Waals surface area contributed by atoms with Crippen LogP contribution in [-0.2, 0) is 6.54 Å². The number of allylic oxidation sites excluding steroid dienone is 1. The van der Waals surface area contributed by atoms with Gasteiger partial charge in [-0.3, -0.25) is 0 Å². The fourth-order valence-electron chi connectivity index (χ4n) is 1.94. The second-order valence-corrected chi connectivity index (χ2v) is 5.31. The van der Waals surface area contributed by atoms with Crippen LogP contribution >= 0.6 is 11.8 Å². The Morgan fingerprint density at radius 1 is 1.37 bits per heavy atom. The molecule has 0 amide bonds. The third-order valence-corrected chi connectivity index (χ3v) is 3.91. The predicted molar refractivity (Wildman–Crippen MR) is 80.1 cm³/mol. The lowest BCUT2D eigenvalue weighted by atomic mass is 10.3. The molecular weight excluding hydrogens is 254 g/mol. The van der Waals surface area contributed by atoms with E-state index in [-0.39, 0.29) is 0 Å². The summed E-state index contributed by atoms with van der Waals surface area (Å²) in [6, 6.07) is 10.3. The molecule has 3 nitrogen and oxygen atoms in total. The number of nitrogens with zero attached hydrogens (tertiary/aromatic N) is 3. The van der Waals surface area contributed by atoms with Crippen molar-refractivity contribution in [3.05, 3.63) is 36.9 Å². The average Bonchev–Trinajstić information content (AvgIpc) is 2.78. The van der Waals surface area contributed by atoms with Gasteiger partial charge in [0.1, 0.15) is 0 Å². The molecule has 0 aliphatic heterocycles. The molecular formula is C15H17N3S. The van der Waals surface area contributed by atoms with Crippen molar-refractivity contribution in [2.75, 3.05) is 5.75 Å². The molecule has 0 unspecified atom stereocenters. The molecule has 0 fully saturated rings. The fraction of sp³-hybridized carbons (Fsp3) is 0.333. The maximum Gasteiger partial charge on any atom is 0.169 e. The van der Waals surface area contributed by atoms with Gasteiger partial charge in [0.25, 0.3) is 0 Å². The minimum atomic E-state index is 0.642. The number of fused-ring (bicyclic) bond motifs is 1. The number of nitriles is 1. The Labute approximate surface area is 117 Å². The summed E-state index contributed by atoms with van der Waals surface area (Å²) in [5.74, 6) is 1.00. The molecule has 0 bridgehead atoms. The normalized spacial score (nSPS) is 10.5. The molecule has 0 atom stereocenters. The van der Waals surface area contributed by atoms with E-state index in [1.54, 1.807) is 11.8 Å². The lowest BCUT2D eigenvalue weighted by Crippen LogP contribution is -1.97. The number of hydrogen-bond donors (Lipinski definition) is 0. The molecule has 1 aromatic carbocycles. The van der Waals surface area contributed by atoms with Crippen LogP contribution in [0.5, 0.6) is 0 Å². The zero-order chi connectivity index (χ0) is 13.5. The molecule has 0 aliphatic rings. The molecule has 0 radical (unpaired) electrons. The minimum Gasteiger partial charge on any atom is -0.315 e. The maximum absolute atomic E-state index is 8.51. The first-order valence-corrected chi connectivity index (χ1v) is 7.41. The molecule has 2 rings (SSSR count). The Morgan fingerprint density at radius 2 is 2.21 bits per heavy atom. The third kappa shape index (κ3) is 3.39. The van der Waals surface area contributed by atoms with Crippen LogP contribution in [0.2, 0.25) is 0 Å². The zero-order valence-electron chi connectivity index (χ0n) is 10.9. The van der Waals surface area contributed by atoms with Crippen LogP contribution in [0, 0.1) is 11.3 Å². The van der Waals surface area contributed by atoms with Gasteiger partial charge in [0.05, 0.1) is 17.1 Å². The third-order valence-electron chi connectivity index (χ3n) is 2.85. The topological polar surface area (TPSA) is 41.6 Å². The molecule has 19 heavy (non-hydrogen) atoms. The monoisotopic (exact) mass is 271 g/mol. The Balaban J connectivity index is 2.10. The van der Waals surface area contributed by atoms with Gasteiger partial charge in [-0.2, -0.15) is 5.26 Å². The quantitative estimate of drug-likeness (QED) is 0.434. The van der Waals surface area contributed by atoms with Gasteiger partial charge in [0.2, 0.25) is 0 Å². The summed E-state index contributed by atoms with van der Waals surface area (Å²) in [6.07, 6.45) is 4.55. The molecule has 0 saturated carbocycles. The number of aromatic nitrogens is 2. The second kappa shape index (κ2) is 7.01. The lowest BCUT2D eigenvalue weighted by molar-refractivity contribution is 0.745. The Kier molecular flexibility index (Phi) is 5.05. The number of benzene rings is 1. The highest BCUT2D eigenvalue weighted by Gasteiger charge is 2.09. The Hall–Kier alpha value is -1.73. The standard InChI is InChI=1S/C15H17N3S/c1-2-11-18-14-9-5-4-8-13(14)17-15(18)19-12-7-3-6-10-16/h2,4-5,8-9H,1,3,6-7,11-12H2. The van der Waals surface area contributed by atoms with Gasteiger partial charge in [0.15, 0.2) is 5.16 Å². The summed E-state index contributed by atoms with van der Waals surface area (Å²) < 4.78 is 2.19. The molecule has 0 N–H and O–H groups in total. The zero-order valence-corrected chi connectivity index (χ0v) is 11.7. The van der Waals surface area contributed by atoms with E-state index in [4.69, 9.17) is 5.26 Å². The molecule has 0 spiro atoms. The molecule has 2 aromatic rings. The second-order valence-electron chi connectivity index (χ2n) is 4.25. The van der Waals surface area contributed by atoms with Crippen molar-refractivity contribution in [2.45, 2.75) is 31.0 Å². The maximum atomic E-state index is 8.51. The summed E-state index contributed by atoms with van der Waals surface area (Å²) in [4.78, 5) is 4.66. The van der Waals surface area contributed by atoms with Crippen LogP contribution in [-0.4, -0.2) is 15.3 Å². The van der Waals surface area contributed by atoms with Gasteiger partial charge in [-0.15, -0.1) is 6.58 Å². The van der Waals surface area contributed by atoms with E-state index in [0.717, 1.165) is 41.3 Å². The summed E-state index contributed by atoms with van der Waals surface area (Å²) in [7, 11) is 0. The van der Waals surface area contributed by atoms with Gasteiger partial charge in [-0.25, -0.2) is 4.98 Å². The van der Waals surface area contributed by atoms with E-state index in [0.29, 0.717) is 6.42 Å². The molecule has 98 valence electrons. The van der Waals surface area contributed by atoms with E-state index >= 15 is 0 Å². The van der Waals surface area contributed by atoms with Gasteiger partial charge in [0, 0.05) is 18.7 Å². The number of rotatable bonds is 7. The highest BCUT2D eigenvalue weighted by atomic mass is 32.2. The molecule has 0 saturated heterocycles. The highest BCUT2D eigenvalue weighted by molar-refractivity contribution is 7.99. The predicted octanol–water partition coefficient (Wildman–Crippen LogP) is 4.01. The van der Waals surface area contributed by atoms with Gasteiger partial charge in [-0.05, 0) is 25.0 Å². The van der Waals surface area contributed by atoms with Crippen LogP contribution < -0.4 is 0 Å². The van der Waals surface area contributed by atoms with Crippen molar-refractivity contribution in [2.24, 2.45) is 0 Å². The Morgan fingerprint density at radius 3 is 3.00 bits per heavy atom. The molecule has 4 heteroatoms. The SMILES string of the molecule is C=CCn1c(SCCCCC#N)nc2ccccc21. The van der Waals surface area contributed by atoms with Crippen LogP contribution in [0.3, 0.4) is 0 Å². The highest BCUT2D eigenvalue weighted by Crippen LogP contribution is 2.24. The molecule has 0 aliphatic carbocycles. The van der Waals surface area contributed by atoms with Crippen molar-refractivity contribution in [3.63, 3.8) is 0 Å². The lowest BCUT2D eigenvalue weighted by Gasteiger charge is -2.05. The van der Waals surface area contributed by atoms with Crippen LogP contribution in [0.25, 0.3) is 11.0 Å². The van der Waals surface area contributed by atoms with Gasteiger partial charge in [-0.1, -0.05) is 30.0 Å². The largest absolute Gasteiger partial charge is 0.315 e. The van der Waals surface area contributed by atoms with Crippen LogP contribution in [0.15, 0.2) is 42.1 Å². The van der Waals surface area contributed by atoms with E-state index in [1.807, 2.05) is 24.3 Å².